The highest BCUT2D eigenvalue weighted by atomic mass is 16.2. The molecule has 5 N–H and O–H groups in total. The van der Waals surface area contributed by atoms with Crippen molar-refractivity contribution in [1.82, 2.24) is 10.2 Å². The summed E-state index contributed by atoms with van der Waals surface area (Å²) < 4.78 is 0. The topological polar surface area (TPSA) is 131 Å². The van der Waals surface area contributed by atoms with E-state index in [9.17, 15) is 14.4 Å². The molecule has 8 nitrogen and oxygen atoms in total. The highest BCUT2D eigenvalue weighted by molar-refractivity contribution is 5.91. The second kappa shape index (κ2) is 10.4. The zero-order chi connectivity index (χ0) is 20.5. The third-order valence-electron chi connectivity index (χ3n) is 4.97. The standard InChI is InChI=1S/C20H29N5O3/c1-14(15-7-3-2-4-8-15)19(28)25-12-6-10-17(25)18(27)24-16(13-26)9-5-11-23-20(21)22/h2-4,7-8,13-14,16-17H,5-6,9-12H2,1H3,(H,24,27)(H4,21,22,23)/t14-,16-,17-/m0/s1. The maximum Gasteiger partial charge on any atom is 0.243 e. The van der Waals surface area contributed by atoms with Crippen LogP contribution in [0.3, 0.4) is 0 Å². The Bertz CT molecular complexity index is 703. The summed E-state index contributed by atoms with van der Waals surface area (Å²) in [6.45, 7) is 2.79. The van der Waals surface area contributed by atoms with Crippen molar-refractivity contribution in [2.24, 2.45) is 16.5 Å². The molecule has 8 heteroatoms. The molecule has 0 bridgehead atoms. The van der Waals surface area contributed by atoms with Gasteiger partial charge in [0.25, 0.3) is 0 Å². The van der Waals surface area contributed by atoms with Gasteiger partial charge >= 0.3 is 0 Å². The average Bonchev–Trinajstić information content (AvgIpc) is 3.19. The zero-order valence-corrected chi connectivity index (χ0v) is 16.2. The fourth-order valence-corrected chi connectivity index (χ4v) is 3.41. The molecule has 0 saturated carbocycles. The zero-order valence-electron chi connectivity index (χ0n) is 16.2. The number of aliphatic imine (C=N–C) groups is 1. The van der Waals surface area contributed by atoms with Crippen molar-refractivity contribution in [2.75, 3.05) is 13.1 Å². The number of nitrogens with zero attached hydrogens (tertiary/aromatic N) is 2. The quantitative estimate of drug-likeness (QED) is 0.246. The number of benzene rings is 1. The van der Waals surface area contributed by atoms with E-state index in [1.54, 1.807) is 4.90 Å². The molecule has 1 fully saturated rings. The molecule has 0 unspecified atom stereocenters. The Morgan fingerprint density at radius 2 is 2.04 bits per heavy atom. The molecule has 28 heavy (non-hydrogen) atoms. The van der Waals surface area contributed by atoms with Gasteiger partial charge in [-0.15, -0.1) is 0 Å². The highest BCUT2D eigenvalue weighted by Gasteiger charge is 2.36. The second-order valence-corrected chi connectivity index (χ2v) is 7.02. The Labute approximate surface area is 165 Å². The van der Waals surface area contributed by atoms with E-state index in [2.05, 4.69) is 10.3 Å². The number of rotatable bonds is 9. The SMILES string of the molecule is C[C@H](C(=O)N1CCC[C@H]1C(=O)N[C@H](C=O)CCCN=C(N)N)c1ccccc1. The van der Waals surface area contributed by atoms with E-state index in [1.807, 2.05) is 37.3 Å². The molecule has 1 aromatic carbocycles. The van der Waals surface area contributed by atoms with Crippen LogP contribution in [0.4, 0.5) is 0 Å². The first-order chi connectivity index (χ1) is 13.4. The minimum atomic E-state index is -0.620. The van der Waals surface area contributed by atoms with E-state index in [0.29, 0.717) is 38.6 Å². The van der Waals surface area contributed by atoms with E-state index in [-0.39, 0.29) is 23.7 Å². The largest absolute Gasteiger partial charge is 0.370 e. The number of guanidine groups is 1. The molecule has 152 valence electrons. The van der Waals surface area contributed by atoms with Crippen LogP contribution in [0.5, 0.6) is 0 Å². The van der Waals surface area contributed by atoms with Crippen LogP contribution in [0, 0.1) is 0 Å². The van der Waals surface area contributed by atoms with E-state index >= 15 is 0 Å². The molecule has 0 radical (unpaired) electrons. The van der Waals surface area contributed by atoms with Gasteiger partial charge in [0.05, 0.1) is 12.0 Å². The summed E-state index contributed by atoms with van der Waals surface area (Å²) in [5, 5.41) is 2.75. The van der Waals surface area contributed by atoms with Crippen molar-refractivity contribution in [3.8, 4) is 0 Å². The number of amides is 2. The molecule has 1 aromatic rings. The molecule has 2 amide bonds. The molecule has 1 aliphatic rings. The summed E-state index contributed by atoms with van der Waals surface area (Å²) in [6.07, 6.45) is 3.08. The minimum Gasteiger partial charge on any atom is -0.370 e. The first-order valence-corrected chi connectivity index (χ1v) is 9.60. The number of hydrogen-bond acceptors (Lipinski definition) is 4. The van der Waals surface area contributed by atoms with Crippen LogP contribution in [0.25, 0.3) is 0 Å². The maximum absolute atomic E-state index is 12.9. The first kappa shape index (κ1) is 21.4. The molecule has 2 rings (SSSR count). The Morgan fingerprint density at radius 1 is 1.32 bits per heavy atom. The molecule has 1 saturated heterocycles. The van der Waals surface area contributed by atoms with Gasteiger partial charge in [-0.3, -0.25) is 14.6 Å². The number of carbonyl (C=O) groups excluding carboxylic acids is 3. The lowest BCUT2D eigenvalue weighted by molar-refractivity contribution is -0.139. The second-order valence-electron chi connectivity index (χ2n) is 7.02. The van der Waals surface area contributed by atoms with E-state index < -0.39 is 12.1 Å². The molecular weight excluding hydrogens is 358 g/mol. The molecule has 1 heterocycles. The third-order valence-corrected chi connectivity index (χ3v) is 4.97. The van der Waals surface area contributed by atoms with Crippen LogP contribution in [0.15, 0.2) is 35.3 Å². The molecule has 0 spiro atoms. The van der Waals surface area contributed by atoms with Crippen molar-refractivity contribution < 1.29 is 14.4 Å². The summed E-state index contributed by atoms with van der Waals surface area (Å²) in [6, 6.07) is 8.35. The number of nitrogens with one attached hydrogen (secondary N) is 1. The fraction of sp³-hybridized carbons (Fsp3) is 0.500. The van der Waals surface area contributed by atoms with Crippen LogP contribution in [0.1, 0.15) is 44.1 Å². The Kier molecular flexibility index (Phi) is 7.98. The fourth-order valence-electron chi connectivity index (χ4n) is 3.41. The van der Waals surface area contributed by atoms with Crippen LogP contribution >= 0.6 is 0 Å². The van der Waals surface area contributed by atoms with Gasteiger partial charge in [0, 0.05) is 13.1 Å². The van der Waals surface area contributed by atoms with Crippen molar-refractivity contribution in [2.45, 2.75) is 50.6 Å². The summed E-state index contributed by atoms with van der Waals surface area (Å²) in [5.74, 6) is -0.681. The summed E-state index contributed by atoms with van der Waals surface area (Å²) in [5.41, 5.74) is 11.5. The normalized spacial score (nSPS) is 18.2. The minimum absolute atomic E-state index is 0.000616. The predicted octanol–water partition coefficient (Wildman–Crippen LogP) is 0.518. The van der Waals surface area contributed by atoms with Crippen molar-refractivity contribution in [1.29, 1.82) is 0 Å². The number of hydrogen-bond donors (Lipinski definition) is 3. The molecular formula is C20H29N5O3. The monoisotopic (exact) mass is 387 g/mol. The number of aldehydes is 1. The molecule has 1 aliphatic heterocycles. The van der Waals surface area contributed by atoms with Gasteiger partial charge in [0.1, 0.15) is 12.3 Å². The van der Waals surface area contributed by atoms with Crippen LogP contribution in [0.2, 0.25) is 0 Å². The molecule has 3 atom stereocenters. The lowest BCUT2D eigenvalue weighted by Gasteiger charge is -2.28. The van der Waals surface area contributed by atoms with Crippen molar-refractivity contribution >= 4 is 24.1 Å². The van der Waals surface area contributed by atoms with Gasteiger partial charge in [-0.1, -0.05) is 30.3 Å². The third kappa shape index (κ3) is 5.80. The smallest absolute Gasteiger partial charge is 0.243 e. The van der Waals surface area contributed by atoms with E-state index in [4.69, 9.17) is 11.5 Å². The maximum atomic E-state index is 12.9. The lowest BCUT2D eigenvalue weighted by atomic mass is 9.99. The van der Waals surface area contributed by atoms with Crippen molar-refractivity contribution in [3.63, 3.8) is 0 Å². The first-order valence-electron chi connectivity index (χ1n) is 9.60. The number of likely N-dealkylation sites (tertiary alicyclic amines) is 1. The van der Waals surface area contributed by atoms with Gasteiger partial charge in [-0.05, 0) is 38.2 Å². The van der Waals surface area contributed by atoms with Gasteiger partial charge < -0.3 is 26.5 Å². The predicted molar refractivity (Wildman–Crippen MR) is 107 cm³/mol. The molecule has 0 aliphatic carbocycles. The molecule has 0 aromatic heterocycles. The van der Waals surface area contributed by atoms with E-state index in [0.717, 1.165) is 12.0 Å². The van der Waals surface area contributed by atoms with Crippen LogP contribution < -0.4 is 16.8 Å². The summed E-state index contributed by atoms with van der Waals surface area (Å²) in [7, 11) is 0. The summed E-state index contributed by atoms with van der Waals surface area (Å²) >= 11 is 0. The number of nitrogens with two attached hydrogens (primary N) is 2. The highest BCUT2D eigenvalue weighted by Crippen LogP contribution is 2.25. The van der Waals surface area contributed by atoms with Crippen molar-refractivity contribution in [3.05, 3.63) is 35.9 Å². The Balaban J connectivity index is 1.94. The van der Waals surface area contributed by atoms with E-state index in [1.165, 1.54) is 0 Å². The van der Waals surface area contributed by atoms with Crippen LogP contribution in [-0.2, 0) is 14.4 Å². The summed E-state index contributed by atoms with van der Waals surface area (Å²) in [4.78, 5) is 42.4. The van der Waals surface area contributed by atoms with Gasteiger partial charge in [0.15, 0.2) is 5.96 Å². The lowest BCUT2D eigenvalue weighted by Crippen LogP contribution is -2.50. The number of carbonyl (C=O) groups is 3. The van der Waals surface area contributed by atoms with Gasteiger partial charge in [0.2, 0.25) is 11.8 Å². The Hall–Kier alpha value is -2.90. The Morgan fingerprint density at radius 3 is 2.68 bits per heavy atom. The van der Waals surface area contributed by atoms with Gasteiger partial charge in [-0.25, -0.2) is 0 Å². The average molecular weight is 387 g/mol. The van der Waals surface area contributed by atoms with Gasteiger partial charge in [-0.2, -0.15) is 0 Å². The van der Waals surface area contributed by atoms with Crippen LogP contribution in [-0.4, -0.2) is 54.1 Å².